The summed E-state index contributed by atoms with van der Waals surface area (Å²) in [4.78, 5) is 39.3. The molecule has 4 aromatic rings. The van der Waals surface area contributed by atoms with Crippen molar-refractivity contribution in [2.75, 3.05) is 0 Å². The number of thiocyanates is 1. The van der Waals surface area contributed by atoms with Gasteiger partial charge in [0.25, 0.3) is 0 Å². The summed E-state index contributed by atoms with van der Waals surface area (Å²) in [5.74, 6) is -2.68. The van der Waals surface area contributed by atoms with E-state index in [4.69, 9.17) is 31.4 Å². The van der Waals surface area contributed by atoms with Crippen molar-refractivity contribution in [1.82, 2.24) is 19.9 Å². The van der Waals surface area contributed by atoms with E-state index in [1.165, 1.54) is 148 Å². The largest absolute Gasteiger partial charge is 2.00 e. The minimum Gasteiger partial charge on any atom is -0.753 e. The Balaban J connectivity index is 0.00000108. The van der Waals surface area contributed by atoms with E-state index in [1.54, 1.807) is 24.3 Å². The van der Waals surface area contributed by atoms with Crippen LogP contribution in [0.25, 0.3) is 40.3 Å². The molecule has 0 radical (unpaired) electrons. The molecule has 15 heteroatoms. The molecule has 0 spiro atoms. The SMILES string of the molecule is CCCCCCCCCc1ccnc(-c2cc(CCCCCCCCC)ccn2)c1.N#C/C(=C/c1ccnc(-c2cc(/C=C(\C#N)C(=O)O)ccn2)c1)C(=O)O.N#C[S-].[N-]=C=S.[Ru+2]. The summed E-state index contributed by atoms with van der Waals surface area (Å²) < 4.78 is 0. The monoisotopic (exact) mass is 972 g/mol. The molecule has 0 saturated heterocycles. The number of pyridine rings is 4. The fraction of sp³-hybridized carbons (Fsp3) is 0.375. The second-order valence-corrected chi connectivity index (χ2v) is 14.3. The van der Waals surface area contributed by atoms with Crippen LogP contribution in [0.15, 0.2) is 84.5 Å². The van der Waals surface area contributed by atoms with E-state index >= 15 is 0 Å². The van der Waals surface area contributed by atoms with Crippen LogP contribution in [0.5, 0.6) is 0 Å². The van der Waals surface area contributed by atoms with Crippen LogP contribution in [0.2, 0.25) is 0 Å². The quantitative estimate of drug-likeness (QED) is 0.0110. The molecule has 4 heterocycles. The Bertz CT molecular complexity index is 2060. The van der Waals surface area contributed by atoms with Crippen molar-refractivity contribution >= 4 is 54.1 Å². The predicted molar refractivity (Wildman–Crippen MR) is 250 cm³/mol. The maximum absolute atomic E-state index is 10.9. The first kappa shape index (κ1) is 57.1. The number of hydrogen-bond donors (Lipinski definition) is 2. The van der Waals surface area contributed by atoms with Crippen LogP contribution in [0.3, 0.4) is 0 Å². The van der Waals surface area contributed by atoms with Gasteiger partial charge in [0.05, 0.1) is 22.8 Å². The first-order chi connectivity index (χ1) is 30.1. The molecule has 330 valence electrons. The molecule has 0 aliphatic heterocycles. The Morgan fingerprint density at radius 3 is 1.19 bits per heavy atom. The smallest absolute Gasteiger partial charge is 0.753 e. The number of nitrogens with zero attached hydrogens (tertiary/aromatic N) is 8. The number of carboxylic acid groups (broad SMARTS) is 2. The number of carbonyl (C=O) groups is 2. The minimum absolute atomic E-state index is 0. The zero-order valence-electron chi connectivity index (χ0n) is 35.9. The molecule has 63 heavy (non-hydrogen) atoms. The van der Waals surface area contributed by atoms with Crippen LogP contribution < -0.4 is 0 Å². The average molecular weight is 972 g/mol. The van der Waals surface area contributed by atoms with Crippen LogP contribution in [0.1, 0.15) is 126 Å². The first-order valence-electron chi connectivity index (χ1n) is 20.7. The van der Waals surface area contributed by atoms with Gasteiger partial charge >= 0.3 is 31.4 Å². The zero-order valence-corrected chi connectivity index (χ0v) is 39.2. The van der Waals surface area contributed by atoms with Crippen molar-refractivity contribution in [2.24, 2.45) is 0 Å². The van der Waals surface area contributed by atoms with Crippen LogP contribution >= 0.6 is 12.2 Å². The summed E-state index contributed by atoms with van der Waals surface area (Å²) in [6, 6.07) is 18.2. The molecule has 0 aliphatic carbocycles. The number of hydrogen-bond acceptors (Lipinski definition) is 11. The van der Waals surface area contributed by atoms with Gasteiger partial charge in [0.2, 0.25) is 0 Å². The van der Waals surface area contributed by atoms with Gasteiger partial charge in [-0.1, -0.05) is 109 Å². The molecular weight excluding hydrogens is 918 g/mol. The molecule has 0 aliphatic rings. The number of isothiocyanates is 1. The normalized spacial score (nSPS) is 10.2. The van der Waals surface area contributed by atoms with Crippen LogP contribution in [-0.4, -0.2) is 47.2 Å². The van der Waals surface area contributed by atoms with Gasteiger partial charge in [0.1, 0.15) is 23.3 Å². The molecule has 2 N–H and O–H groups in total. The summed E-state index contributed by atoms with van der Waals surface area (Å²) in [7, 11) is 0. The number of unbranched alkanes of at least 4 members (excludes halogenated alkanes) is 12. The van der Waals surface area contributed by atoms with Gasteiger partial charge in [-0.25, -0.2) is 14.9 Å². The fourth-order valence-electron chi connectivity index (χ4n) is 6.08. The molecule has 0 saturated carbocycles. The molecular formula is C48H54N8O4RuS2. The van der Waals surface area contributed by atoms with Crippen LogP contribution in [0.4, 0.5) is 0 Å². The molecule has 12 nitrogen and oxygen atoms in total. The van der Waals surface area contributed by atoms with Crippen molar-refractivity contribution in [3.8, 4) is 40.3 Å². The maximum atomic E-state index is 10.9. The first-order valence-corrected chi connectivity index (χ1v) is 21.5. The molecule has 4 rings (SSSR count). The van der Waals surface area contributed by atoms with Crippen molar-refractivity contribution in [3.63, 3.8) is 0 Å². The van der Waals surface area contributed by atoms with E-state index < -0.39 is 23.1 Å². The maximum Gasteiger partial charge on any atom is 2.00 e. The molecule has 0 fully saturated rings. The standard InChI is InChI=1S/C28H44N2.C18H10N4O4.CHNS.CNS.Ru/c1-3-5-7-9-11-13-15-17-25-19-21-29-27(23-25)28-24-26(20-22-30-28)18-16-14-12-10-8-6-4-2;19-9-13(17(23)24)5-11-1-3-21-15(7-11)16-8-12(2-4-22-16)6-14(10-20)18(25)26;2*2-1-3;/h19-24H,3-18H2,1-2H3;1-8H,(H,23,24)(H,25,26);3H;;/q;;;-1;+2/p-1/b;13-5-,14-6+;;;. The molecule has 0 atom stereocenters. The van der Waals surface area contributed by atoms with Crippen molar-refractivity contribution in [2.45, 2.75) is 117 Å². The number of aliphatic carboxylic acids is 2. The van der Waals surface area contributed by atoms with E-state index in [-0.39, 0.29) is 19.5 Å². The second-order valence-electron chi connectivity index (χ2n) is 13.9. The Hall–Kier alpha value is -5.87. The van der Waals surface area contributed by atoms with Crippen molar-refractivity contribution in [1.29, 1.82) is 15.8 Å². The van der Waals surface area contributed by atoms with Gasteiger partial charge in [-0.15, -0.1) is 0 Å². The van der Waals surface area contributed by atoms with Gasteiger partial charge in [-0.05, 0) is 109 Å². The number of carboxylic acids is 2. The zero-order chi connectivity index (χ0) is 45.8. The third-order valence-electron chi connectivity index (χ3n) is 9.20. The molecule has 0 amide bonds. The van der Waals surface area contributed by atoms with E-state index in [0.717, 1.165) is 24.2 Å². The number of nitriles is 3. The summed E-state index contributed by atoms with van der Waals surface area (Å²) in [5, 5.41) is 52.4. The Morgan fingerprint density at radius 2 is 0.889 bits per heavy atom. The van der Waals surface area contributed by atoms with Crippen molar-refractivity contribution in [3.05, 3.63) is 112 Å². The Labute approximate surface area is 396 Å². The summed E-state index contributed by atoms with van der Waals surface area (Å²) in [5.41, 5.74) is 5.67. The Kier molecular flexibility index (Phi) is 33.3. The van der Waals surface area contributed by atoms with Crippen LogP contribution in [0, 0.1) is 33.3 Å². The van der Waals surface area contributed by atoms with E-state index in [9.17, 15) is 9.59 Å². The van der Waals surface area contributed by atoms with Gasteiger partial charge < -0.3 is 28.3 Å². The number of thiocarbonyl (C=S) groups is 1. The Morgan fingerprint density at radius 1 is 0.603 bits per heavy atom. The number of aromatic nitrogens is 4. The number of rotatable bonds is 22. The minimum atomic E-state index is -1.34. The van der Waals surface area contributed by atoms with E-state index in [1.807, 2.05) is 12.4 Å². The summed E-state index contributed by atoms with van der Waals surface area (Å²) in [6.45, 7) is 4.56. The third-order valence-corrected chi connectivity index (χ3v) is 9.20. The predicted octanol–water partition coefficient (Wildman–Crippen LogP) is 11.5. The van der Waals surface area contributed by atoms with E-state index in [0.29, 0.717) is 22.5 Å². The topological polar surface area (TPSA) is 220 Å². The van der Waals surface area contributed by atoms with E-state index in [2.05, 4.69) is 82.9 Å². The van der Waals surface area contributed by atoms with Crippen molar-refractivity contribution < 1.29 is 39.3 Å². The third kappa shape index (κ3) is 25.6. The second kappa shape index (κ2) is 36.8. The van der Waals surface area contributed by atoms with Gasteiger partial charge in [0.15, 0.2) is 0 Å². The van der Waals surface area contributed by atoms with Gasteiger partial charge in [-0.3, -0.25) is 19.9 Å². The van der Waals surface area contributed by atoms with Gasteiger partial charge in [0, 0.05) is 24.8 Å². The molecule has 0 aromatic carbocycles. The van der Waals surface area contributed by atoms with Gasteiger partial charge in [-0.2, -0.15) is 15.7 Å². The molecule has 0 unspecified atom stereocenters. The average Bonchev–Trinajstić information content (AvgIpc) is 3.28. The summed E-state index contributed by atoms with van der Waals surface area (Å²) in [6.07, 6.45) is 30.5. The fourth-order valence-corrected chi connectivity index (χ4v) is 6.08. The molecule has 4 aromatic heterocycles. The molecule has 0 bridgehead atoms. The van der Waals surface area contributed by atoms with Crippen LogP contribution in [-0.2, 0) is 54.5 Å². The summed E-state index contributed by atoms with van der Waals surface area (Å²) >= 11 is 7.40. The number of aryl methyl sites for hydroxylation is 2.